The number of carbonyl (C=O) groups excluding carboxylic acids is 3. The van der Waals surface area contributed by atoms with Gasteiger partial charge in [0.05, 0.1) is 21.4 Å². The van der Waals surface area contributed by atoms with Crippen LogP contribution in [0, 0.1) is 20.9 Å². The maximum absolute atomic E-state index is 14.3. The third-order valence-corrected chi connectivity index (χ3v) is 9.15. The summed E-state index contributed by atoms with van der Waals surface area (Å²) in [6.45, 7) is 12.3. The van der Waals surface area contributed by atoms with Crippen molar-refractivity contribution in [3.05, 3.63) is 81.3 Å². The van der Waals surface area contributed by atoms with Crippen LogP contribution in [-0.4, -0.2) is 40.6 Å². The highest BCUT2D eigenvalue weighted by atomic mass is 35.5. The molecule has 1 amide bonds. The summed E-state index contributed by atoms with van der Waals surface area (Å²) in [7, 11) is -5.23. The fourth-order valence-electron chi connectivity index (χ4n) is 3.86. The largest absolute Gasteiger partial charge is 0.459 e. The highest BCUT2D eigenvalue weighted by Gasteiger charge is 2.46. The van der Waals surface area contributed by atoms with E-state index >= 15 is 0 Å². The number of fused-ring (bicyclic) bond motifs is 1. The Hall–Kier alpha value is -3.61. The summed E-state index contributed by atoms with van der Waals surface area (Å²) in [5, 5.41) is 13.6. The molecule has 0 aliphatic carbocycles. The van der Waals surface area contributed by atoms with Crippen molar-refractivity contribution in [3.8, 4) is 0 Å². The lowest BCUT2D eigenvalue weighted by molar-refractivity contribution is -0.384. The second-order valence-electron chi connectivity index (χ2n) is 12.0. The predicted molar refractivity (Wildman–Crippen MR) is 171 cm³/mol. The lowest BCUT2D eigenvalue weighted by Gasteiger charge is -2.30. The topological polar surface area (TPSA) is 163 Å². The van der Waals surface area contributed by atoms with E-state index in [9.17, 15) is 34.0 Å². The quantitative estimate of drug-likeness (QED) is 0.0710. The van der Waals surface area contributed by atoms with Gasteiger partial charge in [-0.3, -0.25) is 38.5 Å². The number of carbonyl (C=O) groups is 3. The average molecular weight is 681 g/mol. The van der Waals surface area contributed by atoms with E-state index < -0.39 is 59.8 Å². The van der Waals surface area contributed by atoms with Gasteiger partial charge < -0.3 is 14.4 Å². The minimum absolute atomic E-state index is 0.0124. The molecule has 1 heterocycles. The van der Waals surface area contributed by atoms with Crippen molar-refractivity contribution in [3.63, 3.8) is 0 Å². The van der Waals surface area contributed by atoms with Crippen LogP contribution >= 0.6 is 30.5 Å². The number of thiophene rings is 1. The summed E-state index contributed by atoms with van der Waals surface area (Å²) >= 11 is 7.40. The molecule has 3 aromatic rings. The third-order valence-electron chi connectivity index (χ3n) is 6.24. The zero-order valence-corrected chi connectivity index (χ0v) is 28.0. The van der Waals surface area contributed by atoms with Gasteiger partial charge in [0.15, 0.2) is 12.3 Å². The Morgan fingerprint density at radius 2 is 1.76 bits per heavy atom. The predicted octanol–water partition coefficient (Wildman–Crippen LogP) is 7.39. The Labute approximate surface area is 269 Å². The molecule has 12 nitrogen and oxygen atoms in total. The first-order valence-corrected chi connectivity index (χ1v) is 16.4. The fourth-order valence-corrected chi connectivity index (χ4v) is 6.64. The Morgan fingerprint density at radius 1 is 1.11 bits per heavy atom. The molecule has 3 rings (SSSR count). The Kier molecular flexibility index (Phi) is 11.0. The van der Waals surface area contributed by atoms with Gasteiger partial charge in [-0.05, 0) is 82.1 Å². The van der Waals surface area contributed by atoms with Crippen molar-refractivity contribution in [1.29, 1.82) is 0 Å². The molecule has 3 atom stereocenters. The van der Waals surface area contributed by atoms with Crippen molar-refractivity contribution in [1.82, 2.24) is 0 Å². The van der Waals surface area contributed by atoms with Gasteiger partial charge in [0.1, 0.15) is 0 Å². The molecule has 0 bridgehead atoms. The van der Waals surface area contributed by atoms with Crippen LogP contribution in [-0.2, 0) is 32.9 Å². The Balaban J connectivity index is 2.15. The standard InChI is InChI=1S/C30H34ClN2O10PS/c1-8-32(19-10-9-11-20(15-19)33(37)38)26(34)25(22-17-45-23-13-12-18(31)14-21(22)23)44(39,40)43-24(42-28(36)30(5,6)7)16-41-27(35)29(2,3)4/h8-15,17,24-25H,1,16H2,2-7H3,(H,39,40). The first-order chi connectivity index (χ1) is 20.8. The normalized spacial score (nSPS) is 14.6. The van der Waals surface area contributed by atoms with Crippen LogP contribution in [0.15, 0.2) is 60.6 Å². The van der Waals surface area contributed by atoms with E-state index in [1.807, 2.05) is 0 Å². The van der Waals surface area contributed by atoms with Crippen LogP contribution in [0.3, 0.4) is 0 Å². The van der Waals surface area contributed by atoms with Gasteiger partial charge in [0.2, 0.25) is 6.29 Å². The number of anilines is 1. The van der Waals surface area contributed by atoms with Crippen molar-refractivity contribution in [2.45, 2.75) is 53.5 Å². The van der Waals surface area contributed by atoms with E-state index in [0.29, 0.717) is 10.1 Å². The Bertz CT molecular complexity index is 1680. The lowest BCUT2D eigenvalue weighted by atomic mass is 9.97. The molecule has 45 heavy (non-hydrogen) atoms. The molecule has 0 aliphatic heterocycles. The molecule has 15 heteroatoms. The summed E-state index contributed by atoms with van der Waals surface area (Å²) in [5.74, 6) is -2.58. The second-order valence-corrected chi connectivity index (χ2v) is 15.2. The second kappa shape index (κ2) is 13.8. The molecule has 2 aromatic carbocycles. The number of non-ortho nitro benzene ring substituents is 1. The van der Waals surface area contributed by atoms with Crippen LogP contribution in [0.2, 0.25) is 5.02 Å². The van der Waals surface area contributed by atoms with Crippen molar-refractivity contribution >= 4 is 69.8 Å². The van der Waals surface area contributed by atoms with Crippen LogP contribution in [0.4, 0.5) is 11.4 Å². The van der Waals surface area contributed by atoms with Gasteiger partial charge in [-0.1, -0.05) is 24.2 Å². The molecule has 0 saturated carbocycles. The first-order valence-electron chi connectivity index (χ1n) is 13.5. The zero-order valence-electron chi connectivity index (χ0n) is 25.5. The number of nitro benzene ring substituents is 1. The number of esters is 2. The average Bonchev–Trinajstić information content (AvgIpc) is 3.33. The molecule has 0 radical (unpaired) electrons. The van der Waals surface area contributed by atoms with Gasteiger partial charge in [-0.25, -0.2) is 0 Å². The zero-order chi connectivity index (χ0) is 33.9. The number of halogens is 1. The number of amides is 1. The molecule has 242 valence electrons. The van der Waals surface area contributed by atoms with E-state index in [2.05, 4.69) is 6.58 Å². The molecular weight excluding hydrogens is 647 g/mol. The summed E-state index contributed by atoms with van der Waals surface area (Å²) in [6, 6.07) is 9.83. The molecule has 1 aromatic heterocycles. The van der Waals surface area contributed by atoms with Crippen molar-refractivity contribution in [2.24, 2.45) is 10.8 Å². The van der Waals surface area contributed by atoms with E-state index in [0.717, 1.165) is 17.2 Å². The van der Waals surface area contributed by atoms with Crippen molar-refractivity contribution < 1.29 is 42.8 Å². The minimum atomic E-state index is -5.23. The van der Waals surface area contributed by atoms with Crippen LogP contribution in [0.1, 0.15) is 52.8 Å². The van der Waals surface area contributed by atoms with Gasteiger partial charge in [-0.2, -0.15) is 0 Å². The fraction of sp³-hybridized carbons (Fsp3) is 0.367. The molecule has 0 spiro atoms. The van der Waals surface area contributed by atoms with Gasteiger partial charge >= 0.3 is 19.5 Å². The Morgan fingerprint density at radius 3 is 2.33 bits per heavy atom. The van der Waals surface area contributed by atoms with Gasteiger partial charge in [0.25, 0.3) is 11.6 Å². The number of hydrogen-bond donors (Lipinski definition) is 1. The smallest absolute Gasteiger partial charge is 0.348 e. The molecular formula is C30H34ClN2O10PS. The van der Waals surface area contributed by atoms with Crippen molar-refractivity contribution in [2.75, 3.05) is 11.5 Å². The molecule has 3 unspecified atom stereocenters. The first kappa shape index (κ1) is 35.9. The third kappa shape index (κ3) is 8.77. The summed E-state index contributed by atoms with van der Waals surface area (Å²) < 4.78 is 31.0. The SMILES string of the molecule is C=CN(C(=O)C(c1csc2ccc(Cl)cc12)P(=O)(O)OC(COC(=O)C(C)(C)C)OC(=O)C(C)(C)C)c1cccc([N+](=O)[O-])c1. The van der Waals surface area contributed by atoms with E-state index in [1.165, 1.54) is 41.0 Å². The summed E-state index contributed by atoms with van der Waals surface area (Å²) in [6.07, 6.45) is -0.851. The number of rotatable bonds is 11. The minimum Gasteiger partial charge on any atom is -0.459 e. The number of nitrogens with zero attached hydrogens (tertiary/aromatic N) is 2. The number of benzene rings is 2. The highest BCUT2D eigenvalue weighted by molar-refractivity contribution is 7.54. The molecule has 0 saturated heterocycles. The molecule has 0 aliphatic rings. The lowest BCUT2D eigenvalue weighted by Crippen LogP contribution is -2.36. The monoisotopic (exact) mass is 680 g/mol. The van der Waals surface area contributed by atoms with Gasteiger partial charge in [0, 0.05) is 28.1 Å². The maximum atomic E-state index is 14.3. The number of nitro groups is 1. The van der Waals surface area contributed by atoms with Gasteiger partial charge in [-0.15, -0.1) is 11.3 Å². The molecule has 1 N–H and O–H groups in total. The van der Waals surface area contributed by atoms with Crippen LogP contribution in [0.25, 0.3) is 10.1 Å². The summed E-state index contributed by atoms with van der Waals surface area (Å²) in [5.41, 5.74) is -4.31. The number of hydrogen-bond acceptors (Lipinski definition) is 10. The van der Waals surface area contributed by atoms with E-state index in [-0.39, 0.29) is 22.0 Å². The molecule has 0 fully saturated rings. The number of ether oxygens (including phenoxy) is 2. The van der Waals surface area contributed by atoms with E-state index in [1.54, 1.807) is 53.7 Å². The van der Waals surface area contributed by atoms with Crippen LogP contribution < -0.4 is 4.90 Å². The summed E-state index contributed by atoms with van der Waals surface area (Å²) in [4.78, 5) is 62.8. The van der Waals surface area contributed by atoms with E-state index in [4.69, 9.17) is 25.6 Å². The maximum Gasteiger partial charge on any atom is 0.348 e. The van der Waals surface area contributed by atoms with Crippen LogP contribution in [0.5, 0.6) is 0 Å². The highest BCUT2D eigenvalue weighted by Crippen LogP contribution is 2.60.